The van der Waals surface area contributed by atoms with E-state index < -0.39 is 24.0 Å². The first-order valence-electron chi connectivity index (χ1n) is 12.6. The quantitative estimate of drug-likeness (QED) is 0.515. The van der Waals surface area contributed by atoms with E-state index >= 15 is 0 Å². The van der Waals surface area contributed by atoms with Crippen molar-refractivity contribution >= 4 is 0 Å². The third-order valence-corrected chi connectivity index (χ3v) is 10.2. The van der Waals surface area contributed by atoms with E-state index in [1.165, 1.54) is 11.1 Å². The second kappa shape index (κ2) is 7.94. The van der Waals surface area contributed by atoms with Crippen LogP contribution in [0.2, 0.25) is 0 Å². The van der Waals surface area contributed by atoms with Crippen LogP contribution in [-0.2, 0) is 0 Å². The number of aliphatic hydroxyl groups is 2. The predicted molar refractivity (Wildman–Crippen MR) is 121 cm³/mol. The number of alkyl halides is 2. The lowest BCUT2D eigenvalue weighted by Gasteiger charge is -2.56. The highest BCUT2D eigenvalue weighted by Crippen LogP contribution is 2.66. The van der Waals surface area contributed by atoms with Crippen LogP contribution in [0.4, 0.5) is 8.78 Å². The van der Waals surface area contributed by atoms with Gasteiger partial charge < -0.3 is 10.2 Å². The molecule has 4 heteroatoms. The summed E-state index contributed by atoms with van der Waals surface area (Å²) in [6.45, 7) is 10.1. The largest absolute Gasteiger partial charge is 0.393 e. The molecule has 0 spiro atoms. The number of rotatable bonds is 5. The first-order chi connectivity index (χ1) is 14.4. The summed E-state index contributed by atoms with van der Waals surface area (Å²) in [5.41, 5.74) is 2.58. The van der Waals surface area contributed by atoms with Crippen LogP contribution in [0.25, 0.3) is 0 Å². The molecule has 4 rings (SSSR count). The molecule has 2 nitrogen and oxygen atoms in total. The summed E-state index contributed by atoms with van der Waals surface area (Å²) in [5, 5.41) is 21.2. The molecular weight excluding hydrogens is 394 g/mol. The van der Waals surface area contributed by atoms with E-state index in [0.717, 1.165) is 25.7 Å². The minimum absolute atomic E-state index is 0.00686. The smallest absolute Gasteiger partial charge is 0.250 e. The van der Waals surface area contributed by atoms with Crippen LogP contribution < -0.4 is 0 Å². The molecule has 2 N–H and O–H groups in total. The predicted octanol–water partition coefficient (Wildman–Crippen LogP) is 6.52. The molecule has 3 saturated carbocycles. The minimum Gasteiger partial charge on any atom is -0.393 e. The van der Waals surface area contributed by atoms with Crippen LogP contribution in [0.15, 0.2) is 23.3 Å². The van der Waals surface area contributed by atoms with Crippen molar-refractivity contribution in [3.63, 3.8) is 0 Å². The van der Waals surface area contributed by atoms with E-state index in [9.17, 15) is 19.0 Å². The molecule has 0 aromatic rings. The van der Waals surface area contributed by atoms with Gasteiger partial charge in [-0.25, -0.2) is 8.78 Å². The summed E-state index contributed by atoms with van der Waals surface area (Å²) in [5.74, 6) is -1.56. The van der Waals surface area contributed by atoms with E-state index in [2.05, 4.69) is 32.9 Å². The summed E-state index contributed by atoms with van der Waals surface area (Å²) in [6.07, 6.45) is 9.65. The van der Waals surface area contributed by atoms with Gasteiger partial charge in [0.1, 0.15) is 0 Å². The standard InChI is InChI=1S/C27H42F2O2/c1-16(2)27(28,29)13-10-17(3)21-8-9-22-20-7-6-18-14-19(30)15-24(31)26(18,5)23(20)11-12-25(21,22)4/h6-7,16-17,19,21-24,30-31H,8-15H2,1-5H3/t17-,19-,21-,22+,23+,24+,25-,26+/m1/s1. The lowest BCUT2D eigenvalue weighted by molar-refractivity contribution is -0.0638. The number of fused-ring (bicyclic) bond motifs is 5. The Morgan fingerprint density at radius 2 is 1.77 bits per heavy atom. The van der Waals surface area contributed by atoms with E-state index in [4.69, 9.17) is 0 Å². The van der Waals surface area contributed by atoms with Gasteiger partial charge in [-0.05, 0) is 67.6 Å². The lowest BCUT2D eigenvalue weighted by atomic mass is 9.49. The molecule has 0 aromatic heterocycles. The van der Waals surface area contributed by atoms with Gasteiger partial charge in [0.05, 0.1) is 12.2 Å². The molecule has 0 saturated heterocycles. The van der Waals surface area contributed by atoms with E-state index in [1.807, 2.05) is 0 Å². The van der Waals surface area contributed by atoms with Gasteiger partial charge in [-0.15, -0.1) is 0 Å². The van der Waals surface area contributed by atoms with E-state index in [-0.39, 0.29) is 17.3 Å². The number of hydrogen-bond donors (Lipinski definition) is 2. The monoisotopic (exact) mass is 436 g/mol. The Labute approximate surface area is 187 Å². The molecule has 3 fully saturated rings. The van der Waals surface area contributed by atoms with Crippen LogP contribution in [0.5, 0.6) is 0 Å². The van der Waals surface area contributed by atoms with Gasteiger partial charge in [0.2, 0.25) is 5.92 Å². The summed E-state index contributed by atoms with van der Waals surface area (Å²) in [6, 6.07) is 0. The van der Waals surface area contributed by atoms with Crippen molar-refractivity contribution < 1.29 is 19.0 Å². The van der Waals surface area contributed by atoms with Crippen molar-refractivity contribution in [2.75, 3.05) is 0 Å². The Morgan fingerprint density at radius 1 is 1.06 bits per heavy atom. The first kappa shape index (κ1) is 23.4. The Hall–Kier alpha value is -0.740. The van der Waals surface area contributed by atoms with E-state index in [0.29, 0.717) is 42.9 Å². The fourth-order valence-corrected chi connectivity index (χ4v) is 7.93. The van der Waals surface area contributed by atoms with Crippen molar-refractivity contribution in [1.82, 2.24) is 0 Å². The number of aliphatic hydroxyl groups excluding tert-OH is 2. The van der Waals surface area contributed by atoms with Gasteiger partial charge in [0, 0.05) is 24.2 Å². The highest BCUT2D eigenvalue weighted by molar-refractivity contribution is 5.40. The third kappa shape index (κ3) is 3.64. The molecule has 0 aromatic carbocycles. The zero-order valence-electron chi connectivity index (χ0n) is 20.0. The number of halogens is 2. The Morgan fingerprint density at radius 3 is 2.45 bits per heavy atom. The van der Waals surface area contributed by atoms with Crippen molar-refractivity contribution in [3.8, 4) is 0 Å². The van der Waals surface area contributed by atoms with Crippen LogP contribution in [0, 0.1) is 40.4 Å². The van der Waals surface area contributed by atoms with Gasteiger partial charge in [0.15, 0.2) is 0 Å². The van der Waals surface area contributed by atoms with Gasteiger partial charge in [-0.3, -0.25) is 0 Å². The number of hydrogen-bond acceptors (Lipinski definition) is 2. The fraction of sp³-hybridized carbons (Fsp3) is 0.852. The maximum atomic E-state index is 14.3. The zero-order valence-corrected chi connectivity index (χ0v) is 20.0. The summed E-state index contributed by atoms with van der Waals surface area (Å²) in [7, 11) is 0. The van der Waals surface area contributed by atoms with Crippen LogP contribution in [0.1, 0.15) is 86.0 Å². The maximum Gasteiger partial charge on any atom is 0.250 e. The third-order valence-electron chi connectivity index (χ3n) is 10.2. The molecule has 176 valence electrons. The van der Waals surface area contributed by atoms with Gasteiger partial charge in [0.25, 0.3) is 0 Å². The zero-order chi connectivity index (χ0) is 22.8. The van der Waals surface area contributed by atoms with E-state index in [1.54, 1.807) is 13.8 Å². The molecule has 0 radical (unpaired) electrons. The molecule has 0 amide bonds. The highest BCUT2D eigenvalue weighted by Gasteiger charge is 2.58. The maximum absolute atomic E-state index is 14.3. The molecule has 0 bridgehead atoms. The minimum atomic E-state index is -2.58. The molecule has 0 aliphatic heterocycles. The molecule has 0 heterocycles. The van der Waals surface area contributed by atoms with Gasteiger partial charge >= 0.3 is 0 Å². The topological polar surface area (TPSA) is 40.5 Å². The van der Waals surface area contributed by atoms with Gasteiger partial charge in [-0.1, -0.05) is 57.9 Å². The summed E-state index contributed by atoms with van der Waals surface area (Å²) < 4.78 is 28.5. The summed E-state index contributed by atoms with van der Waals surface area (Å²) in [4.78, 5) is 0. The number of allylic oxidation sites excluding steroid dienone is 3. The second-order valence-corrected chi connectivity index (χ2v) is 12.0. The molecule has 0 unspecified atom stereocenters. The van der Waals surface area contributed by atoms with Crippen molar-refractivity contribution in [2.45, 2.75) is 104 Å². The van der Waals surface area contributed by atoms with Crippen LogP contribution in [0.3, 0.4) is 0 Å². The molecule has 4 aliphatic carbocycles. The van der Waals surface area contributed by atoms with Gasteiger partial charge in [-0.2, -0.15) is 0 Å². The summed E-state index contributed by atoms with van der Waals surface area (Å²) >= 11 is 0. The molecular formula is C27H42F2O2. The highest BCUT2D eigenvalue weighted by atomic mass is 19.3. The van der Waals surface area contributed by atoms with Crippen molar-refractivity contribution in [2.24, 2.45) is 40.4 Å². The molecule has 4 aliphatic rings. The average molecular weight is 437 g/mol. The lowest BCUT2D eigenvalue weighted by Crippen LogP contribution is -2.52. The van der Waals surface area contributed by atoms with Crippen LogP contribution in [-0.4, -0.2) is 28.3 Å². The second-order valence-electron chi connectivity index (χ2n) is 12.0. The fourth-order valence-electron chi connectivity index (χ4n) is 7.93. The first-order valence-corrected chi connectivity index (χ1v) is 12.6. The molecule has 31 heavy (non-hydrogen) atoms. The average Bonchev–Trinajstić information content (AvgIpc) is 3.04. The van der Waals surface area contributed by atoms with Crippen LogP contribution >= 0.6 is 0 Å². The Balaban J connectivity index is 1.55. The molecule has 8 atom stereocenters. The Bertz CT molecular complexity index is 756. The van der Waals surface area contributed by atoms with Crippen molar-refractivity contribution in [1.29, 1.82) is 0 Å². The SMILES string of the molecule is CC(C)C(F)(F)CC[C@@H](C)[C@H]1CC[C@H]2C3=CC=C4C[C@@H](O)C[C@H](O)[C@]4(C)[C@H]3CC[C@]12C. The normalized spacial score (nSPS) is 43.6. The Kier molecular flexibility index (Phi) is 6.00. The van der Waals surface area contributed by atoms with Crippen molar-refractivity contribution in [3.05, 3.63) is 23.3 Å².